The molecule has 5 rings (SSSR count). The third kappa shape index (κ3) is 4.39. The highest BCUT2D eigenvalue weighted by Gasteiger charge is 2.20. The molecule has 166 valence electrons. The largest absolute Gasteiger partial charge is 0.481 e. The number of aromatic nitrogens is 3. The van der Waals surface area contributed by atoms with E-state index < -0.39 is 5.97 Å². The number of halogens is 1. The number of nitrogens with zero attached hydrogens (tertiary/aromatic N) is 3. The minimum atomic E-state index is -0.873. The summed E-state index contributed by atoms with van der Waals surface area (Å²) in [5.74, 6) is -0.182. The molecule has 2 aromatic carbocycles. The molecular weight excluding hydrogens is 458 g/mol. The third-order valence-corrected chi connectivity index (χ3v) is 6.96. The molecule has 6 nitrogen and oxygen atoms in total. The van der Waals surface area contributed by atoms with Crippen LogP contribution < -0.4 is 0 Å². The molecule has 0 spiro atoms. The van der Waals surface area contributed by atoms with Crippen LogP contribution in [0.5, 0.6) is 0 Å². The van der Waals surface area contributed by atoms with Crippen LogP contribution in [0.1, 0.15) is 23.4 Å². The summed E-state index contributed by atoms with van der Waals surface area (Å²) in [6, 6.07) is 11.3. The van der Waals surface area contributed by atoms with E-state index in [0.29, 0.717) is 24.1 Å². The summed E-state index contributed by atoms with van der Waals surface area (Å²) in [4.78, 5) is 25.7. The lowest BCUT2D eigenvalue weighted by Crippen LogP contribution is -2.06. The van der Waals surface area contributed by atoms with Gasteiger partial charge < -0.3 is 9.84 Å². The zero-order chi connectivity index (χ0) is 22.9. The van der Waals surface area contributed by atoms with Gasteiger partial charge in [-0.15, -0.1) is 11.3 Å². The molecule has 0 bridgehead atoms. The first-order chi connectivity index (χ1) is 16.0. The van der Waals surface area contributed by atoms with Crippen molar-refractivity contribution in [3.8, 4) is 21.8 Å². The summed E-state index contributed by atoms with van der Waals surface area (Å²) in [6.45, 7) is 3.16. The van der Waals surface area contributed by atoms with Crippen LogP contribution in [0.3, 0.4) is 0 Å². The molecule has 0 aliphatic carbocycles. The Hall–Kier alpha value is -3.13. The maximum Gasteiger partial charge on any atom is 0.307 e. The van der Waals surface area contributed by atoms with Crippen LogP contribution in [-0.4, -0.2) is 39.2 Å². The van der Waals surface area contributed by atoms with Crippen LogP contribution >= 0.6 is 22.9 Å². The van der Waals surface area contributed by atoms with Crippen LogP contribution in [0.25, 0.3) is 37.6 Å². The number of hydrogen-bond donors (Lipinski definition) is 1. The number of carboxylic acids is 1. The third-order valence-electron chi connectivity index (χ3n) is 5.60. The van der Waals surface area contributed by atoms with Gasteiger partial charge in [0.2, 0.25) is 0 Å². The monoisotopic (exact) mass is 477 g/mol. The Morgan fingerprint density at radius 2 is 2.03 bits per heavy atom. The average molecular weight is 478 g/mol. The molecule has 4 aromatic rings. The summed E-state index contributed by atoms with van der Waals surface area (Å²) in [7, 11) is 0. The molecule has 1 aliphatic rings. The van der Waals surface area contributed by atoms with Crippen molar-refractivity contribution < 1.29 is 14.6 Å². The van der Waals surface area contributed by atoms with Gasteiger partial charge in [0.1, 0.15) is 10.7 Å². The number of carboxylic acid groups (broad SMARTS) is 1. The molecule has 33 heavy (non-hydrogen) atoms. The van der Waals surface area contributed by atoms with Crippen LogP contribution in [-0.2, 0) is 16.0 Å². The number of aliphatic carboxylic acids is 1. The molecule has 0 unspecified atom stereocenters. The highest BCUT2D eigenvalue weighted by atomic mass is 35.5. The van der Waals surface area contributed by atoms with Crippen molar-refractivity contribution in [1.29, 1.82) is 0 Å². The summed E-state index contributed by atoms with van der Waals surface area (Å²) in [5, 5.41) is 10.9. The number of ether oxygens (including phenoxy) is 1. The number of hydrogen-bond acceptors (Lipinski definition) is 6. The Bertz CT molecular complexity index is 1400. The van der Waals surface area contributed by atoms with Crippen molar-refractivity contribution in [3.05, 3.63) is 70.6 Å². The molecule has 0 saturated carbocycles. The number of aryl methyl sites for hydroxylation is 1. The molecule has 0 atom stereocenters. The Morgan fingerprint density at radius 3 is 2.76 bits per heavy atom. The summed E-state index contributed by atoms with van der Waals surface area (Å²) >= 11 is 7.62. The van der Waals surface area contributed by atoms with Gasteiger partial charge in [0, 0.05) is 16.8 Å². The zero-order valence-electron chi connectivity index (χ0n) is 17.8. The van der Waals surface area contributed by atoms with E-state index in [2.05, 4.69) is 4.98 Å². The van der Waals surface area contributed by atoms with Gasteiger partial charge in [0.25, 0.3) is 0 Å². The first kappa shape index (κ1) is 21.7. The number of rotatable bonds is 5. The first-order valence-corrected chi connectivity index (χ1v) is 11.7. The number of fused-ring (bicyclic) bond motifs is 1. The van der Waals surface area contributed by atoms with Crippen molar-refractivity contribution in [2.45, 2.75) is 19.8 Å². The molecule has 3 heterocycles. The van der Waals surface area contributed by atoms with E-state index in [-0.39, 0.29) is 6.42 Å². The molecular formula is C25H20ClN3O3S. The molecule has 0 amide bonds. The summed E-state index contributed by atoms with van der Waals surface area (Å²) in [6.07, 6.45) is 4.48. The second-order valence-electron chi connectivity index (χ2n) is 7.81. The van der Waals surface area contributed by atoms with Crippen molar-refractivity contribution in [2.75, 3.05) is 13.2 Å². The molecule has 0 saturated heterocycles. The van der Waals surface area contributed by atoms with Crippen molar-refractivity contribution in [2.24, 2.45) is 0 Å². The SMILES string of the molecule is Cc1cc2nc(-c3ccnc(C4=CCOCC4)n3)sc2c(-c2ccc(Cl)cc2)c1CC(=O)O. The maximum atomic E-state index is 11.6. The number of benzene rings is 2. The fourth-order valence-corrected chi connectivity index (χ4v) is 5.24. The zero-order valence-corrected chi connectivity index (χ0v) is 19.4. The van der Waals surface area contributed by atoms with E-state index in [1.165, 1.54) is 11.3 Å². The van der Waals surface area contributed by atoms with Gasteiger partial charge in [0.05, 0.1) is 29.9 Å². The first-order valence-electron chi connectivity index (χ1n) is 10.5. The van der Waals surface area contributed by atoms with Crippen LogP contribution in [0.2, 0.25) is 5.02 Å². The Kier molecular flexibility index (Phi) is 5.93. The standard InChI is InChI=1S/C25H20ClN3O3S/c1-14-12-20-23(22(18(14)13-21(30)31)15-2-4-17(26)5-3-15)33-25(29-20)19-6-9-27-24(28-19)16-7-10-32-11-8-16/h2-7,9,12H,8,10-11,13H2,1H3,(H,30,31). The highest BCUT2D eigenvalue weighted by molar-refractivity contribution is 7.22. The Labute approximate surface area is 199 Å². The predicted molar refractivity (Wildman–Crippen MR) is 131 cm³/mol. The predicted octanol–water partition coefficient (Wildman–Crippen LogP) is 5.81. The normalized spacial score (nSPS) is 13.8. The fraction of sp³-hybridized carbons (Fsp3) is 0.200. The summed E-state index contributed by atoms with van der Waals surface area (Å²) in [5.41, 5.74) is 6.10. The van der Waals surface area contributed by atoms with E-state index in [1.807, 2.05) is 49.4 Å². The minimum Gasteiger partial charge on any atom is -0.481 e. The number of carbonyl (C=O) groups is 1. The lowest BCUT2D eigenvalue weighted by Gasteiger charge is -2.13. The molecule has 2 aromatic heterocycles. The maximum absolute atomic E-state index is 11.6. The molecule has 1 N–H and O–H groups in total. The van der Waals surface area contributed by atoms with Crippen LogP contribution in [0.4, 0.5) is 0 Å². The fourth-order valence-electron chi connectivity index (χ4n) is 4.01. The van der Waals surface area contributed by atoms with E-state index >= 15 is 0 Å². The van der Waals surface area contributed by atoms with Gasteiger partial charge in [-0.3, -0.25) is 4.79 Å². The topological polar surface area (TPSA) is 85.2 Å². The Balaban J connectivity index is 1.68. The van der Waals surface area contributed by atoms with Gasteiger partial charge in [-0.1, -0.05) is 29.8 Å². The van der Waals surface area contributed by atoms with Gasteiger partial charge >= 0.3 is 5.97 Å². The highest BCUT2D eigenvalue weighted by Crippen LogP contribution is 2.40. The van der Waals surface area contributed by atoms with E-state index in [0.717, 1.165) is 55.2 Å². The van der Waals surface area contributed by atoms with Crippen LogP contribution in [0.15, 0.2) is 48.7 Å². The van der Waals surface area contributed by atoms with E-state index in [9.17, 15) is 9.90 Å². The minimum absolute atomic E-state index is 0.0686. The van der Waals surface area contributed by atoms with E-state index in [4.69, 9.17) is 26.3 Å². The number of thiazole rings is 1. The quantitative estimate of drug-likeness (QED) is 0.390. The lowest BCUT2D eigenvalue weighted by molar-refractivity contribution is -0.136. The van der Waals surface area contributed by atoms with Crippen molar-refractivity contribution in [1.82, 2.24) is 15.0 Å². The lowest BCUT2D eigenvalue weighted by atomic mass is 9.93. The molecule has 1 aliphatic heterocycles. The van der Waals surface area contributed by atoms with Gasteiger partial charge in [-0.2, -0.15) is 0 Å². The van der Waals surface area contributed by atoms with Crippen molar-refractivity contribution in [3.63, 3.8) is 0 Å². The smallest absolute Gasteiger partial charge is 0.307 e. The molecule has 0 radical (unpaired) electrons. The Morgan fingerprint density at radius 1 is 1.21 bits per heavy atom. The van der Waals surface area contributed by atoms with Gasteiger partial charge in [-0.05, 0) is 59.9 Å². The van der Waals surface area contributed by atoms with Gasteiger partial charge in [0.15, 0.2) is 5.82 Å². The van der Waals surface area contributed by atoms with Crippen LogP contribution in [0, 0.1) is 6.92 Å². The summed E-state index contributed by atoms with van der Waals surface area (Å²) < 4.78 is 6.33. The molecule has 8 heteroatoms. The second kappa shape index (κ2) is 9.02. The van der Waals surface area contributed by atoms with Gasteiger partial charge in [-0.25, -0.2) is 15.0 Å². The molecule has 0 fully saturated rings. The van der Waals surface area contributed by atoms with E-state index in [1.54, 1.807) is 6.20 Å². The second-order valence-corrected chi connectivity index (χ2v) is 9.25. The average Bonchev–Trinajstić information content (AvgIpc) is 3.24. The van der Waals surface area contributed by atoms with Crippen molar-refractivity contribution >= 4 is 44.7 Å².